The van der Waals surface area contributed by atoms with E-state index in [2.05, 4.69) is 15.9 Å². The summed E-state index contributed by atoms with van der Waals surface area (Å²) in [5.41, 5.74) is 6.64. The predicted molar refractivity (Wildman–Crippen MR) is 69.9 cm³/mol. The van der Waals surface area contributed by atoms with Crippen LogP contribution in [-0.4, -0.2) is 25.3 Å². The first kappa shape index (κ1) is 14.0. The molecule has 0 aliphatic heterocycles. The van der Waals surface area contributed by atoms with Crippen molar-refractivity contribution < 1.29 is 14.3 Å². The lowest BCUT2D eigenvalue weighted by atomic mass is 10.2. The third kappa shape index (κ3) is 4.36. The molecule has 0 fully saturated rings. The molecule has 0 aliphatic rings. The highest BCUT2D eigenvalue weighted by atomic mass is 79.9. The second-order valence-corrected chi connectivity index (χ2v) is 4.47. The van der Waals surface area contributed by atoms with E-state index in [-0.39, 0.29) is 6.10 Å². The Morgan fingerprint density at radius 1 is 1.53 bits per heavy atom. The number of carbonyl (C=O) groups is 1. The van der Waals surface area contributed by atoms with E-state index >= 15 is 0 Å². The van der Waals surface area contributed by atoms with Crippen LogP contribution in [0.1, 0.15) is 24.2 Å². The number of hydrogen-bond acceptors (Lipinski definition) is 4. The minimum absolute atomic E-state index is 0.271. The van der Waals surface area contributed by atoms with E-state index in [9.17, 15) is 4.79 Å². The smallest absolute Gasteiger partial charge is 0.338 e. The van der Waals surface area contributed by atoms with Gasteiger partial charge in [0.2, 0.25) is 0 Å². The fourth-order valence-corrected chi connectivity index (χ4v) is 1.49. The molecule has 0 saturated carbocycles. The number of rotatable bonds is 5. The van der Waals surface area contributed by atoms with E-state index in [0.29, 0.717) is 24.5 Å². The third-order valence-electron chi connectivity index (χ3n) is 2.10. The summed E-state index contributed by atoms with van der Waals surface area (Å²) in [5, 5.41) is 0. The van der Waals surface area contributed by atoms with Crippen molar-refractivity contribution in [1.82, 2.24) is 0 Å². The highest BCUT2D eigenvalue weighted by Crippen LogP contribution is 2.20. The molecule has 0 bridgehead atoms. The van der Waals surface area contributed by atoms with Crippen LogP contribution in [0.4, 0.5) is 5.69 Å². The van der Waals surface area contributed by atoms with Crippen LogP contribution in [0.2, 0.25) is 0 Å². The number of nitrogens with two attached hydrogens (primary N) is 1. The van der Waals surface area contributed by atoms with E-state index in [1.54, 1.807) is 25.1 Å². The largest absolute Gasteiger partial charge is 0.457 e. The minimum Gasteiger partial charge on any atom is -0.457 e. The zero-order valence-corrected chi connectivity index (χ0v) is 11.5. The summed E-state index contributed by atoms with van der Waals surface area (Å²) in [7, 11) is 0. The van der Waals surface area contributed by atoms with E-state index in [4.69, 9.17) is 15.2 Å². The molecule has 1 aromatic rings. The topological polar surface area (TPSA) is 61.5 Å². The van der Waals surface area contributed by atoms with Crippen LogP contribution < -0.4 is 5.73 Å². The van der Waals surface area contributed by atoms with Crippen molar-refractivity contribution in [2.45, 2.75) is 20.0 Å². The van der Waals surface area contributed by atoms with E-state index < -0.39 is 5.97 Å². The van der Waals surface area contributed by atoms with Crippen LogP contribution >= 0.6 is 15.9 Å². The van der Waals surface area contributed by atoms with Crippen LogP contribution in [-0.2, 0) is 9.47 Å². The van der Waals surface area contributed by atoms with E-state index in [1.165, 1.54) is 0 Å². The maximum Gasteiger partial charge on any atom is 0.338 e. The molecule has 0 heterocycles. The van der Waals surface area contributed by atoms with Gasteiger partial charge in [-0.05, 0) is 48.0 Å². The van der Waals surface area contributed by atoms with Gasteiger partial charge in [0, 0.05) is 16.8 Å². The Labute approximate surface area is 109 Å². The summed E-state index contributed by atoms with van der Waals surface area (Å²) < 4.78 is 11.1. The SMILES string of the molecule is CCOCC(C)OC(=O)c1ccc(Br)c(N)c1. The Hall–Kier alpha value is -1.07. The van der Waals surface area contributed by atoms with Gasteiger partial charge in [-0.25, -0.2) is 4.79 Å². The van der Waals surface area contributed by atoms with Crippen LogP contribution in [0.15, 0.2) is 22.7 Å². The average molecular weight is 302 g/mol. The van der Waals surface area contributed by atoms with Crippen molar-refractivity contribution in [3.8, 4) is 0 Å². The van der Waals surface area contributed by atoms with Gasteiger partial charge in [0.25, 0.3) is 0 Å². The van der Waals surface area contributed by atoms with Gasteiger partial charge < -0.3 is 15.2 Å². The lowest BCUT2D eigenvalue weighted by molar-refractivity contribution is 0.00440. The minimum atomic E-state index is -0.392. The Kier molecular flexibility index (Phi) is 5.44. The number of ether oxygens (including phenoxy) is 2. The molecule has 17 heavy (non-hydrogen) atoms. The summed E-state index contributed by atoms with van der Waals surface area (Å²) in [6, 6.07) is 4.97. The summed E-state index contributed by atoms with van der Waals surface area (Å²) in [5.74, 6) is -0.392. The molecule has 1 unspecified atom stereocenters. The summed E-state index contributed by atoms with van der Waals surface area (Å²) in [4.78, 5) is 11.7. The molecule has 0 aliphatic carbocycles. The molecule has 0 saturated heterocycles. The van der Waals surface area contributed by atoms with Gasteiger partial charge in [-0.2, -0.15) is 0 Å². The zero-order valence-electron chi connectivity index (χ0n) is 9.90. The van der Waals surface area contributed by atoms with Gasteiger partial charge in [0.1, 0.15) is 6.10 Å². The molecule has 4 nitrogen and oxygen atoms in total. The van der Waals surface area contributed by atoms with E-state index in [1.807, 2.05) is 6.92 Å². The normalized spacial score (nSPS) is 12.2. The van der Waals surface area contributed by atoms with Crippen molar-refractivity contribution >= 4 is 27.6 Å². The molecular formula is C12H16BrNO3. The Morgan fingerprint density at radius 3 is 2.82 bits per heavy atom. The van der Waals surface area contributed by atoms with Crippen LogP contribution in [0, 0.1) is 0 Å². The number of esters is 1. The fraction of sp³-hybridized carbons (Fsp3) is 0.417. The van der Waals surface area contributed by atoms with Crippen molar-refractivity contribution in [1.29, 1.82) is 0 Å². The monoisotopic (exact) mass is 301 g/mol. The molecule has 0 radical (unpaired) electrons. The molecule has 0 aromatic heterocycles. The van der Waals surface area contributed by atoms with Crippen molar-refractivity contribution in [3.63, 3.8) is 0 Å². The third-order valence-corrected chi connectivity index (χ3v) is 2.82. The van der Waals surface area contributed by atoms with Crippen molar-refractivity contribution in [3.05, 3.63) is 28.2 Å². The quantitative estimate of drug-likeness (QED) is 0.671. The molecule has 5 heteroatoms. The number of nitrogen functional groups attached to an aromatic ring is 1. The van der Waals surface area contributed by atoms with Crippen molar-refractivity contribution in [2.24, 2.45) is 0 Å². The summed E-state index contributed by atoms with van der Waals surface area (Å²) >= 11 is 3.27. The maximum atomic E-state index is 11.7. The molecule has 0 amide bonds. The van der Waals surface area contributed by atoms with Crippen LogP contribution in [0.25, 0.3) is 0 Å². The number of carbonyl (C=O) groups excluding carboxylic acids is 1. The molecule has 1 atom stereocenters. The standard InChI is InChI=1S/C12H16BrNO3/c1-3-16-7-8(2)17-12(15)9-4-5-10(13)11(14)6-9/h4-6,8H,3,7,14H2,1-2H3. The first-order valence-corrected chi connectivity index (χ1v) is 6.17. The van der Waals surface area contributed by atoms with Crippen LogP contribution in [0.5, 0.6) is 0 Å². The maximum absolute atomic E-state index is 11.7. The first-order valence-electron chi connectivity index (χ1n) is 5.38. The molecule has 1 rings (SSSR count). The fourth-order valence-electron chi connectivity index (χ4n) is 1.24. The van der Waals surface area contributed by atoms with Gasteiger partial charge >= 0.3 is 5.97 Å². The molecule has 1 aromatic carbocycles. The molecular weight excluding hydrogens is 286 g/mol. The number of hydrogen-bond donors (Lipinski definition) is 1. The first-order chi connectivity index (χ1) is 8.04. The molecule has 0 spiro atoms. The highest BCUT2D eigenvalue weighted by Gasteiger charge is 2.12. The van der Waals surface area contributed by atoms with Crippen molar-refractivity contribution in [2.75, 3.05) is 18.9 Å². The highest BCUT2D eigenvalue weighted by molar-refractivity contribution is 9.10. The number of halogens is 1. The second kappa shape index (κ2) is 6.61. The summed E-state index contributed by atoms with van der Waals surface area (Å²) in [6.07, 6.45) is -0.271. The van der Waals surface area contributed by atoms with E-state index in [0.717, 1.165) is 4.47 Å². The Morgan fingerprint density at radius 2 is 2.24 bits per heavy atom. The second-order valence-electron chi connectivity index (χ2n) is 3.61. The number of benzene rings is 1. The van der Waals surface area contributed by atoms with Gasteiger partial charge in [0.15, 0.2) is 0 Å². The molecule has 94 valence electrons. The Bertz CT molecular complexity index is 395. The Balaban J connectivity index is 2.60. The average Bonchev–Trinajstić information content (AvgIpc) is 2.30. The van der Waals surface area contributed by atoms with Crippen LogP contribution in [0.3, 0.4) is 0 Å². The number of anilines is 1. The molecule has 2 N–H and O–H groups in total. The predicted octanol–water partition coefficient (Wildman–Crippen LogP) is 2.61. The van der Waals surface area contributed by atoms with Gasteiger partial charge in [-0.3, -0.25) is 0 Å². The van der Waals surface area contributed by atoms with Gasteiger partial charge in [-0.15, -0.1) is 0 Å². The van der Waals surface area contributed by atoms with Gasteiger partial charge in [0.05, 0.1) is 12.2 Å². The van der Waals surface area contributed by atoms with Gasteiger partial charge in [-0.1, -0.05) is 0 Å². The summed E-state index contributed by atoms with van der Waals surface area (Å²) in [6.45, 7) is 4.68. The lowest BCUT2D eigenvalue weighted by Crippen LogP contribution is -2.20. The zero-order chi connectivity index (χ0) is 12.8. The lowest BCUT2D eigenvalue weighted by Gasteiger charge is -2.13.